The molecule has 0 bridgehead atoms. The minimum atomic E-state index is -1.43. The van der Waals surface area contributed by atoms with Gasteiger partial charge in [-0.1, -0.05) is 6.07 Å². The first-order valence-electron chi connectivity index (χ1n) is 9.40. The van der Waals surface area contributed by atoms with E-state index in [1.165, 1.54) is 11.3 Å². The molecule has 4 heterocycles. The van der Waals surface area contributed by atoms with Crippen LogP contribution in [0, 0.1) is 5.92 Å². The van der Waals surface area contributed by atoms with Crippen LogP contribution in [0.4, 0.5) is 0 Å². The number of aliphatic hydroxyl groups excluding tert-OH is 1. The summed E-state index contributed by atoms with van der Waals surface area (Å²) in [7, 11) is 0. The average Bonchev–Trinajstić information content (AvgIpc) is 3.43. The van der Waals surface area contributed by atoms with Crippen LogP contribution in [-0.4, -0.2) is 64.1 Å². The van der Waals surface area contributed by atoms with Crippen LogP contribution in [-0.2, 0) is 14.3 Å². The Hall–Kier alpha value is -2.30. The van der Waals surface area contributed by atoms with Gasteiger partial charge in [-0.25, -0.2) is 4.98 Å². The molecule has 2 aliphatic rings. The molecule has 0 aliphatic carbocycles. The number of aliphatic hydroxyl groups is 1. The molecule has 4 rings (SSSR count). The van der Waals surface area contributed by atoms with Crippen LogP contribution < -0.4 is 5.32 Å². The molecule has 10 heteroatoms. The second-order valence-corrected chi connectivity index (χ2v) is 8.93. The Labute approximate surface area is 175 Å². The third-order valence-electron chi connectivity index (χ3n) is 5.49. The fraction of sp³-hybridized carbons (Fsp3) is 0.474. The molecule has 0 radical (unpaired) electrons. The Bertz CT molecular complexity index is 918. The summed E-state index contributed by atoms with van der Waals surface area (Å²) in [6, 6.07) is 3.91. The molecule has 2 aromatic rings. The van der Waals surface area contributed by atoms with Crippen molar-refractivity contribution in [1.82, 2.24) is 15.2 Å². The van der Waals surface area contributed by atoms with Crippen molar-refractivity contribution in [2.24, 2.45) is 5.92 Å². The monoisotopic (exact) mass is 435 g/mol. The highest BCUT2D eigenvalue weighted by Gasteiger charge is 2.57. The van der Waals surface area contributed by atoms with Crippen molar-refractivity contribution >= 4 is 40.5 Å². The van der Waals surface area contributed by atoms with Crippen LogP contribution >= 0.6 is 22.7 Å². The van der Waals surface area contributed by atoms with Gasteiger partial charge in [-0.3, -0.25) is 14.4 Å². The van der Waals surface area contributed by atoms with Gasteiger partial charge >= 0.3 is 5.97 Å². The van der Waals surface area contributed by atoms with Gasteiger partial charge in [0.15, 0.2) is 0 Å². The van der Waals surface area contributed by atoms with E-state index in [1.54, 1.807) is 28.5 Å². The fourth-order valence-electron chi connectivity index (χ4n) is 4.03. The summed E-state index contributed by atoms with van der Waals surface area (Å²) in [5, 5.41) is 17.5. The topological polar surface area (TPSA) is 109 Å². The Balaban J connectivity index is 1.46. The Morgan fingerprint density at radius 3 is 2.79 bits per heavy atom. The number of carbonyl (C=O) groups excluding carboxylic acids is 3. The van der Waals surface area contributed by atoms with Crippen LogP contribution in [0.5, 0.6) is 0 Å². The molecule has 2 atom stereocenters. The fourth-order valence-corrected chi connectivity index (χ4v) is 5.64. The molecular formula is C19H21N3O5S2. The molecule has 2 aliphatic heterocycles. The first-order valence-corrected chi connectivity index (χ1v) is 11.2. The number of rotatable bonds is 4. The first kappa shape index (κ1) is 20.0. The quantitative estimate of drug-likeness (QED) is 0.705. The van der Waals surface area contributed by atoms with E-state index >= 15 is 0 Å². The van der Waals surface area contributed by atoms with Crippen molar-refractivity contribution in [2.75, 3.05) is 19.7 Å². The lowest BCUT2D eigenvalue weighted by Gasteiger charge is -2.41. The number of aromatic nitrogens is 1. The van der Waals surface area contributed by atoms with Crippen molar-refractivity contribution < 1.29 is 24.2 Å². The van der Waals surface area contributed by atoms with Gasteiger partial charge in [0.2, 0.25) is 5.91 Å². The smallest absolute Gasteiger partial charge is 0.314 e. The van der Waals surface area contributed by atoms with Gasteiger partial charge in [-0.05, 0) is 31.2 Å². The summed E-state index contributed by atoms with van der Waals surface area (Å²) < 4.78 is 5.07. The van der Waals surface area contributed by atoms with E-state index < -0.39 is 29.4 Å². The van der Waals surface area contributed by atoms with E-state index in [-0.39, 0.29) is 12.5 Å². The lowest BCUT2D eigenvalue weighted by molar-refractivity contribution is -0.155. The first-order chi connectivity index (χ1) is 13.9. The molecule has 2 aromatic heterocycles. The predicted octanol–water partition coefficient (Wildman–Crippen LogP) is 1.52. The molecule has 2 saturated heterocycles. The molecule has 0 saturated carbocycles. The van der Waals surface area contributed by atoms with Crippen LogP contribution in [0.25, 0.3) is 9.88 Å². The summed E-state index contributed by atoms with van der Waals surface area (Å²) in [5.74, 6) is -2.28. The molecule has 8 nitrogen and oxygen atoms in total. The number of likely N-dealkylation sites (tertiary alicyclic amines) is 1. The van der Waals surface area contributed by atoms with Crippen LogP contribution in [0.15, 0.2) is 22.9 Å². The van der Waals surface area contributed by atoms with E-state index in [1.807, 2.05) is 17.5 Å². The average molecular weight is 436 g/mol. The van der Waals surface area contributed by atoms with Gasteiger partial charge in [0.25, 0.3) is 5.91 Å². The van der Waals surface area contributed by atoms with Gasteiger partial charge < -0.3 is 20.1 Å². The largest absolute Gasteiger partial charge is 0.466 e. The number of hydrogen-bond acceptors (Lipinski definition) is 8. The summed E-state index contributed by atoms with van der Waals surface area (Å²) in [5.41, 5.74) is -0.490. The van der Waals surface area contributed by atoms with E-state index in [0.717, 1.165) is 9.88 Å². The second kappa shape index (κ2) is 7.85. The predicted molar refractivity (Wildman–Crippen MR) is 108 cm³/mol. The van der Waals surface area contributed by atoms with Crippen molar-refractivity contribution in [2.45, 2.75) is 31.4 Å². The minimum absolute atomic E-state index is 0.170. The van der Waals surface area contributed by atoms with Crippen LogP contribution in [0.1, 0.15) is 30.3 Å². The number of amides is 2. The Morgan fingerprint density at radius 2 is 2.14 bits per heavy atom. The molecule has 2 amide bonds. The number of nitrogens with one attached hydrogen (secondary N) is 1. The summed E-state index contributed by atoms with van der Waals surface area (Å²) in [6.07, 6.45) is -0.692. The third-order valence-corrected chi connectivity index (χ3v) is 7.37. The Morgan fingerprint density at radius 1 is 1.38 bits per heavy atom. The summed E-state index contributed by atoms with van der Waals surface area (Å²) in [4.78, 5) is 44.5. The molecule has 29 heavy (non-hydrogen) atoms. The summed E-state index contributed by atoms with van der Waals surface area (Å²) >= 11 is 3.00. The Kier molecular flexibility index (Phi) is 5.41. The van der Waals surface area contributed by atoms with Gasteiger partial charge in [0, 0.05) is 18.5 Å². The van der Waals surface area contributed by atoms with Gasteiger partial charge in [0.05, 0.1) is 17.0 Å². The van der Waals surface area contributed by atoms with E-state index in [2.05, 4.69) is 10.3 Å². The van der Waals surface area contributed by atoms with Crippen molar-refractivity contribution in [3.8, 4) is 9.88 Å². The number of thiophene rings is 1. The lowest BCUT2D eigenvalue weighted by Crippen LogP contribution is -2.57. The number of esters is 1. The highest BCUT2D eigenvalue weighted by molar-refractivity contribution is 7.20. The molecular weight excluding hydrogens is 414 g/mol. The maximum Gasteiger partial charge on any atom is 0.314 e. The zero-order valence-corrected chi connectivity index (χ0v) is 17.4. The van der Waals surface area contributed by atoms with Crippen LogP contribution in [0.2, 0.25) is 0 Å². The van der Waals surface area contributed by atoms with Gasteiger partial charge in [-0.15, -0.1) is 22.7 Å². The third kappa shape index (κ3) is 3.56. The van der Waals surface area contributed by atoms with E-state index in [4.69, 9.17) is 4.74 Å². The zero-order chi connectivity index (χ0) is 20.6. The number of hydrogen-bond donors (Lipinski definition) is 2. The summed E-state index contributed by atoms with van der Waals surface area (Å²) in [6.45, 7) is 2.56. The van der Waals surface area contributed by atoms with Crippen molar-refractivity contribution in [3.63, 3.8) is 0 Å². The number of nitrogens with zero attached hydrogens (tertiary/aromatic N) is 2. The SMILES string of the molecule is CCOC(=O)[C@H]1[C@@H](O)C(=O)NC12CCN(C(=O)c1csc(-c3cccs3)n1)CC2. The molecule has 0 aromatic carbocycles. The van der Waals surface area contributed by atoms with E-state index in [0.29, 0.717) is 31.6 Å². The zero-order valence-electron chi connectivity index (χ0n) is 15.8. The van der Waals surface area contributed by atoms with Gasteiger partial charge in [-0.2, -0.15) is 0 Å². The van der Waals surface area contributed by atoms with Crippen molar-refractivity contribution in [1.29, 1.82) is 0 Å². The van der Waals surface area contributed by atoms with E-state index in [9.17, 15) is 19.5 Å². The molecule has 2 fully saturated rings. The minimum Gasteiger partial charge on any atom is -0.466 e. The van der Waals surface area contributed by atoms with Crippen LogP contribution in [0.3, 0.4) is 0 Å². The molecule has 1 spiro atoms. The highest BCUT2D eigenvalue weighted by Crippen LogP contribution is 2.38. The number of ether oxygens (including phenoxy) is 1. The standard InChI is InChI=1S/C19H21N3O5S2/c1-2-27-18(26)13-14(23)15(24)21-19(13)5-7-22(8-6-19)17(25)11-10-29-16(20-11)12-4-3-9-28-12/h3-4,9-10,13-14,23H,2,5-8H2,1H3,(H,21,24)/t13-,14-/m1/s1. The second-order valence-electron chi connectivity index (χ2n) is 7.13. The number of piperidine rings is 1. The highest BCUT2D eigenvalue weighted by atomic mass is 32.1. The van der Waals surface area contributed by atoms with Gasteiger partial charge in [0.1, 0.15) is 22.7 Å². The number of thiazole rings is 1. The molecule has 2 N–H and O–H groups in total. The number of carbonyl (C=O) groups is 3. The molecule has 0 unspecified atom stereocenters. The maximum absolute atomic E-state index is 12.9. The normalized spacial score (nSPS) is 23.2. The lowest BCUT2D eigenvalue weighted by atomic mass is 9.76. The molecule has 154 valence electrons. The maximum atomic E-state index is 12.9. The van der Waals surface area contributed by atoms with Crippen molar-refractivity contribution in [3.05, 3.63) is 28.6 Å².